The summed E-state index contributed by atoms with van der Waals surface area (Å²) in [5.41, 5.74) is 3.50. The van der Waals surface area contributed by atoms with Gasteiger partial charge in [-0.15, -0.1) is 0 Å². The molecule has 5 heteroatoms. The molecule has 1 amide bonds. The molecule has 0 atom stereocenters. The number of ether oxygens (including phenoxy) is 1. The second-order valence-electron chi connectivity index (χ2n) is 8.15. The van der Waals surface area contributed by atoms with E-state index in [0.717, 1.165) is 29.7 Å². The average molecular weight is 377 g/mol. The highest BCUT2D eigenvalue weighted by Crippen LogP contribution is 2.24. The first-order valence-corrected chi connectivity index (χ1v) is 9.69. The van der Waals surface area contributed by atoms with E-state index in [4.69, 9.17) is 10.00 Å². The van der Waals surface area contributed by atoms with E-state index in [1.54, 1.807) is 4.90 Å². The van der Waals surface area contributed by atoms with E-state index in [-0.39, 0.29) is 6.09 Å². The van der Waals surface area contributed by atoms with Crippen LogP contribution < -0.4 is 5.32 Å². The second kappa shape index (κ2) is 8.35. The summed E-state index contributed by atoms with van der Waals surface area (Å²) in [6.07, 6.45) is 1.57. The zero-order valence-corrected chi connectivity index (χ0v) is 16.7. The Hall–Kier alpha value is -3.00. The molecule has 1 N–H and O–H groups in total. The molecule has 1 aliphatic rings. The Bertz CT molecular complexity index is 837. The van der Waals surface area contributed by atoms with Crippen molar-refractivity contribution in [1.82, 2.24) is 4.90 Å². The number of nitrogens with one attached hydrogen (secondary N) is 1. The summed E-state index contributed by atoms with van der Waals surface area (Å²) in [7, 11) is 0. The fourth-order valence-electron chi connectivity index (χ4n) is 3.26. The molecule has 5 nitrogen and oxygen atoms in total. The van der Waals surface area contributed by atoms with Crippen molar-refractivity contribution < 1.29 is 9.53 Å². The largest absolute Gasteiger partial charge is 0.444 e. The first kappa shape index (κ1) is 19.8. The van der Waals surface area contributed by atoms with Crippen LogP contribution in [0, 0.1) is 11.3 Å². The number of anilines is 1. The van der Waals surface area contributed by atoms with Crippen molar-refractivity contribution in [3.8, 4) is 17.2 Å². The second-order valence-corrected chi connectivity index (χ2v) is 8.15. The number of carbonyl (C=O) groups is 1. The first-order chi connectivity index (χ1) is 13.3. The lowest BCUT2D eigenvalue weighted by molar-refractivity contribution is 0.0210. The van der Waals surface area contributed by atoms with Gasteiger partial charge in [0.25, 0.3) is 0 Å². The summed E-state index contributed by atoms with van der Waals surface area (Å²) in [6, 6.07) is 18.4. The molecule has 1 heterocycles. The number of nitrogens with zero attached hydrogens (tertiary/aromatic N) is 2. The third-order valence-electron chi connectivity index (χ3n) is 4.75. The van der Waals surface area contributed by atoms with Crippen LogP contribution in [-0.2, 0) is 4.74 Å². The van der Waals surface area contributed by atoms with E-state index >= 15 is 0 Å². The Labute approximate surface area is 166 Å². The van der Waals surface area contributed by atoms with Gasteiger partial charge >= 0.3 is 6.09 Å². The van der Waals surface area contributed by atoms with Crippen molar-refractivity contribution in [2.24, 2.45) is 0 Å². The number of rotatable bonds is 3. The molecule has 0 bridgehead atoms. The third kappa shape index (κ3) is 5.26. The van der Waals surface area contributed by atoms with Gasteiger partial charge in [0.2, 0.25) is 0 Å². The molecule has 0 saturated carbocycles. The Morgan fingerprint density at radius 3 is 2.07 bits per heavy atom. The quantitative estimate of drug-likeness (QED) is 0.814. The SMILES string of the molecule is CC(C)(C)OC(=O)N1CCC(Nc2ccc(-c3ccc(C#N)cc3)cc2)CC1. The van der Waals surface area contributed by atoms with Gasteiger partial charge in [-0.2, -0.15) is 5.26 Å². The summed E-state index contributed by atoms with van der Waals surface area (Å²) in [5.74, 6) is 0. The highest BCUT2D eigenvalue weighted by molar-refractivity contribution is 5.68. The predicted octanol–water partition coefficient (Wildman–Crippen LogP) is 5.04. The van der Waals surface area contributed by atoms with E-state index in [9.17, 15) is 4.79 Å². The number of likely N-dealkylation sites (tertiary alicyclic amines) is 1. The monoisotopic (exact) mass is 377 g/mol. The molecule has 146 valence electrons. The molecule has 1 aliphatic heterocycles. The lowest BCUT2D eigenvalue weighted by Crippen LogP contribution is -2.44. The minimum Gasteiger partial charge on any atom is -0.444 e. The lowest BCUT2D eigenvalue weighted by Gasteiger charge is -2.34. The molecule has 3 rings (SSSR count). The highest BCUT2D eigenvalue weighted by Gasteiger charge is 2.26. The molecule has 0 aromatic heterocycles. The molecular weight excluding hydrogens is 350 g/mol. The fraction of sp³-hybridized carbons (Fsp3) is 0.391. The van der Waals surface area contributed by atoms with Crippen molar-refractivity contribution in [2.45, 2.75) is 45.3 Å². The summed E-state index contributed by atoms with van der Waals surface area (Å²) >= 11 is 0. The number of benzene rings is 2. The zero-order chi connectivity index (χ0) is 20.1. The molecule has 0 unspecified atom stereocenters. The van der Waals surface area contributed by atoms with Crippen LogP contribution in [-0.4, -0.2) is 35.7 Å². The van der Waals surface area contributed by atoms with Gasteiger partial charge in [-0.3, -0.25) is 0 Å². The minimum atomic E-state index is -0.455. The van der Waals surface area contributed by atoms with Gasteiger partial charge in [0.15, 0.2) is 0 Å². The van der Waals surface area contributed by atoms with Gasteiger partial charge < -0.3 is 15.0 Å². The fourth-order valence-corrected chi connectivity index (χ4v) is 3.26. The molecular formula is C23H27N3O2. The van der Waals surface area contributed by atoms with Gasteiger partial charge in [0.1, 0.15) is 5.60 Å². The average Bonchev–Trinajstić information content (AvgIpc) is 2.68. The standard InChI is InChI=1S/C23H27N3O2/c1-23(2,3)28-22(27)26-14-12-21(13-15-26)25-20-10-8-19(9-11-20)18-6-4-17(16-24)5-7-18/h4-11,21,25H,12-15H2,1-3H3. The smallest absolute Gasteiger partial charge is 0.410 e. The Morgan fingerprint density at radius 1 is 1.04 bits per heavy atom. The van der Waals surface area contributed by atoms with Gasteiger partial charge in [-0.25, -0.2) is 4.79 Å². The normalized spacial score (nSPS) is 15.0. The number of hydrogen-bond donors (Lipinski definition) is 1. The molecule has 1 saturated heterocycles. The van der Waals surface area contributed by atoms with Crippen LogP contribution in [0.4, 0.5) is 10.5 Å². The molecule has 2 aromatic rings. The van der Waals surface area contributed by atoms with E-state index in [1.165, 1.54) is 0 Å². The van der Waals surface area contributed by atoms with Crippen LogP contribution in [0.2, 0.25) is 0 Å². The summed E-state index contributed by atoms with van der Waals surface area (Å²) in [5, 5.41) is 12.5. The molecule has 0 radical (unpaired) electrons. The minimum absolute atomic E-state index is 0.224. The maximum Gasteiger partial charge on any atom is 0.410 e. The van der Waals surface area contributed by atoms with Crippen molar-refractivity contribution >= 4 is 11.8 Å². The lowest BCUT2D eigenvalue weighted by atomic mass is 10.0. The van der Waals surface area contributed by atoms with Crippen molar-refractivity contribution in [1.29, 1.82) is 5.26 Å². The number of hydrogen-bond acceptors (Lipinski definition) is 4. The van der Waals surface area contributed by atoms with E-state index in [2.05, 4.69) is 35.7 Å². The maximum absolute atomic E-state index is 12.2. The molecule has 28 heavy (non-hydrogen) atoms. The summed E-state index contributed by atoms with van der Waals surface area (Å²) in [4.78, 5) is 13.9. The number of nitriles is 1. The molecule has 0 spiro atoms. The van der Waals surface area contributed by atoms with E-state index in [0.29, 0.717) is 24.7 Å². The summed E-state index contributed by atoms with van der Waals surface area (Å²) in [6.45, 7) is 7.08. The molecule has 0 aliphatic carbocycles. The van der Waals surface area contributed by atoms with E-state index in [1.807, 2.05) is 45.0 Å². The van der Waals surface area contributed by atoms with Crippen LogP contribution in [0.5, 0.6) is 0 Å². The highest BCUT2D eigenvalue weighted by atomic mass is 16.6. The Kier molecular flexibility index (Phi) is 5.89. The summed E-state index contributed by atoms with van der Waals surface area (Å²) < 4.78 is 5.45. The number of carbonyl (C=O) groups excluding carboxylic acids is 1. The maximum atomic E-state index is 12.2. The topological polar surface area (TPSA) is 65.4 Å². The zero-order valence-electron chi connectivity index (χ0n) is 16.7. The molecule has 2 aromatic carbocycles. The Morgan fingerprint density at radius 2 is 1.57 bits per heavy atom. The van der Waals surface area contributed by atoms with Crippen molar-refractivity contribution in [2.75, 3.05) is 18.4 Å². The van der Waals surface area contributed by atoms with E-state index < -0.39 is 5.60 Å². The Balaban J connectivity index is 1.52. The van der Waals surface area contributed by atoms with Gasteiger partial charge in [-0.1, -0.05) is 24.3 Å². The van der Waals surface area contributed by atoms with Crippen LogP contribution in [0.1, 0.15) is 39.2 Å². The van der Waals surface area contributed by atoms with Crippen LogP contribution >= 0.6 is 0 Å². The van der Waals surface area contributed by atoms with Crippen LogP contribution in [0.3, 0.4) is 0 Å². The van der Waals surface area contributed by atoms with Crippen LogP contribution in [0.25, 0.3) is 11.1 Å². The van der Waals surface area contributed by atoms with Gasteiger partial charge in [0, 0.05) is 24.8 Å². The van der Waals surface area contributed by atoms with Crippen molar-refractivity contribution in [3.05, 3.63) is 54.1 Å². The van der Waals surface area contributed by atoms with Crippen molar-refractivity contribution in [3.63, 3.8) is 0 Å². The molecule has 1 fully saturated rings. The van der Waals surface area contributed by atoms with Crippen LogP contribution in [0.15, 0.2) is 48.5 Å². The third-order valence-corrected chi connectivity index (χ3v) is 4.75. The van der Waals surface area contributed by atoms with Gasteiger partial charge in [-0.05, 0) is 69.0 Å². The first-order valence-electron chi connectivity index (χ1n) is 9.69. The predicted molar refractivity (Wildman–Crippen MR) is 111 cm³/mol. The van der Waals surface area contributed by atoms with Gasteiger partial charge in [0.05, 0.1) is 11.6 Å². The number of amides is 1. The number of piperidine rings is 1.